The third-order valence-electron chi connectivity index (χ3n) is 3.43. The summed E-state index contributed by atoms with van der Waals surface area (Å²) in [6, 6.07) is 5.05. The van der Waals surface area contributed by atoms with Gasteiger partial charge in [-0.25, -0.2) is 0 Å². The summed E-state index contributed by atoms with van der Waals surface area (Å²) in [5.74, 6) is 0.694. The van der Waals surface area contributed by atoms with Gasteiger partial charge >= 0.3 is 0 Å². The maximum Gasteiger partial charge on any atom is 0.0701 e. The smallest absolute Gasteiger partial charge is 0.0701 e. The van der Waals surface area contributed by atoms with Crippen LogP contribution >= 0.6 is 27.3 Å². The van der Waals surface area contributed by atoms with Gasteiger partial charge in [0.25, 0.3) is 0 Å². The lowest BCUT2D eigenvalue weighted by molar-refractivity contribution is 0.114. The van der Waals surface area contributed by atoms with E-state index in [1.165, 1.54) is 21.5 Å². The fourth-order valence-electron chi connectivity index (χ4n) is 2.31. The van der Waals surface area contributed by atoms with Gasteiger partial charge in [-0.1, -0.05) is 0 Å². The molecule has 1 saturated heterocycles. The molecule has 1 aromatic rings. The highest BCUT2D eigenvalue weighted by Crippen LogP contribution is 2.27. The van der Waals surface area contributed by atoms with Gasteiger partial charge in [0.2, 0.25) is 0 Å². The molecular weight excluding hydrogens is 284 g/mol. The Morgan fingerprint density at radius 2 is 2.31 bits per heavy atom. The summed E-state index contributed by atoms with van der Waals surface area (Å²) >= 11 is 5.35. The van der Waals surface area contributed by atoms with Crippen LogP contribution < -0.4 is 5.73 Å². The molecule has 90 valence electrons. The van der Waals surface area contributed by atoms with E-state index in [4.69, 9.17) is 5.73 Å². The van der Waals surface area contributed by atoms with Crippen molar-refractivity contribution in [2.45, 2.75) is 32.4 Å². The van der Waals surface area contributed by atoms with E-state index >= 15 is 0 Å². The standard InChI is InChI=1S/C12H19BrN2S/c1-9-2-3-10(6-14)7-15(9)8-11-4-5-12(13)16-11/h4-5,9-10H,2-3,6-8,14H2,1H3. The molecule has 2 rings (SSSR count). The number of hydrogen-bond donors (Lipinski definition) is 1. The van der Waals surface area contributed by atoms with Crippen LogP contribution in [-0.4, -0.2) is 24.0 Å². The molecular formula is C12H19BrN2S. The van der Waals surface area contributed by atoms with Gasteiger partial charge in [0.1, 0.15) is 0 Å². The Kier molecular flexibility index (Phi) is 4.41. The van der Waals surface area contributed by atoms with Crippen molar-refractivity contribution in [2.24, 2.45) is 11.7 Å². The van der Waals surface area contributed by atoms with E-state index in [2.05, 4.69) is 39.9 Å². The van der Waals surface area contributed by atoms with Crippen molar-refractivity contribution in [2.75, 3.05) is 13.1 Å². The molecule has 1 fully saturated rings. The van der Waals surface area contributed by atoms with E-state index in [9.17, 15) is 0 Å². The van der Waals surface area contributed by atoms with Gasteiger partial charge in [0, 0.05) is 24.0 Å². The molecule has 4 heteroatoms. The predicted molar refractivity (Wildman–Crippen MR) is 73.7 cm³/mol. The van der Waals surface area contributed by atoms with Crippen molar-refractivity contribution >= 4 is 27.3 Å². The molecule has 1 aliphatic heterocycles. The molecule has 0 aromatic carbocycles. The van der Waals surface area contributed by atoms with Gasteiger partial charge in [-0.05, 0) is 60.3 Å². The van der Waals surface area contributed by atoms with Crippen molar-refractivity contribution in [3.05, 3.63) is 20.8 Å². The Morgan fingerprint density at radius 1 is 1.50 bits per heavy atom. The zero-order valence-corrected chi connectivity index (χ0v) is 12.1. The molecule has 0 saturated carbocycles. The third kappa shape index (κ3) is 3.06. The second-order valence-corrected chi connectivity index (χ2v) is 7.21. The first-order valence-electron chi connectivity index (χ1n) is 5.87. The Labute approximate surface area is 110 Å². The summed E-state index contributed by atoms with van der Waals surface area (Å²) in [6.45, 7) is 5.40. The maximum atomic E-state index is 5.78. The molecule has 2 atom stereocenters. The molecule has 1 aromatic heterocycles. The first kappa shape index (κ1) is 12.6. The summed E-state index contributed by atoms with van der Waals surface area (Å²) in [6.07, 6.45) is 2.58. The van der Waals surface area contributed by atoms with Crippen LogP contribution in [0.5, 0.6) is 0 Å². The van der Waals surface area contributed by atoms with Gasteiger partial charge in [0.15, 0.2) is 0 Å². The highest BCUT2D eigenvalue weighted by molar-refractivity contribution is 9.11. The number of piperidine rings is 1. The minimum Gasteiger partial charge on any atom is -0.330 e. The van der Waals surface area contributed by atoms with Crippen molar-refractivity contribution in [1.82, 2.24) is 4.90 Å². The number of thiophene rings is 1. The fourth-order valence-corrected chi connectivity index (χ4v) is 3.82. The number of nitrogens with two attached hydrogens (primary N) is 1. The fraction of sp³-hybridized carbons (Fsp3) is 0.667. The minimum absolute atomic E-state index is 0.694. The molecule has 1 aliphatic rings. The number of nitrogens with zero attached hydrogens (tertiary/aromatic N) is 1. The normalized spacial score (nSPS) is 27.2. The largest absolute Gasteiger partial charge is 0.330 e. The SMILES string of the molecule is CC1CCC(CN)CN1Cc1ccc(Br)s1. The molecule has 2 N–H and O–H groups in total. The topological polar surface area (TPSA) is 29.3 Å². The van der Waals surface area contributed by atoms with Crippen molar-refractivity contribution in [3.8, 4) is 0 Å². The Balaban J connectivity index is 1.96. The van der Waals surface area contributed by atoms with E-state index < -0.39 is 0 Å². The Hall–Kier alpha value is 0.1000. The average Bonchev–Trinajstić information content (AvgIpc) is 2.67. The number of likely N-dealkylation sites (tertiary alicyclic amines) is 1. The van der Waals surface area contributed by atoms with E-state index in [1.807, 2.05) is 11.3 Å². The van der Waals surface area contributed by atoms with Crippen LogP contribution in [-0.2, 0) is 6.54 Å². The molecule has 0 bridgehead atoms. The summed E-state index contributed by atoms with van der Waals surface area (Å²) in [5, 5.41) is 0. The average molecular weight is 303 g/mol. The van der Waals surface area contributed by atoms with Crippen LogP contribution in [0.4, 0.5) is 0 Å². The minimum atomic E-state index is 0.694. The quantitative estimate of drug-likeness (QED) is 0.930. The summed E-state index contributed by atoms with van der Waals surface area (Å²) in [7, 11) is 0. The molecule has 0 radical (unpaired) electrons. The van der Waals surface area contributed by atoms with E-state index in [1.54, 1.807) is 0 Å². The zero-order valence-electron chi connectivity index (χ0n) is 9.66. The molecule has 0 aliphatic carbocycles. The molecule has 2 unspecified atom stereocenters. The lowest BCUT2D eigenvalue weighted by Crippen LogP contribution is -2.43. The second-order valence-electron chi connectivity index (χ2n) is 4.66. The van der Waals surface area contributed by atoms with Gasteiger partial charge in [-0.2, -0.15) is 0 Å². The number of halogens is 1. The second kappa shape index (κ2) is 5.63. The Bertz CT molecular complexity index is 340. The first-order chi connectivity index (χ1) is 7.69. The lowest BCUT2D eigenvalue weighted by Gasteiger charge is -2.37. The molecule has 16 heavy (non-hydrogen) atoms. The van der Waals surface area contributed by atoms with E-state index in [0.29, 0.717) is 12.0 Å². The number of hydrogen-bond acceptors (Lipinski definition) is 3. The predicted octanol–water partition coefficient (Wildman–Crippen LogP) is 3.07. The van der Waals surface area contributed by atoms with Crippen LogP contribution in [0, 0.1) is 5.92 Å². The Morgan fingerprint density at radius 3 is 2.94 bits per heavy atom. The van der Waals surface area contributed by atoms with Crippen LogP contribution in [0.3, 0.4) is 0 Å². The van der Waals surface area contributed by atoms with Crippen LogP contribution in [0.15, 0.2) is 15.9 Å². The molecule has 0 amide bonds. The van der Waals surface area contributed by atoms with Crippen molar-refractivity contribution < 1.29 is 0 Å². The number of rotatable bonds is 3. The van der Waals surface area contributed by atoms with Gasteiger partial charge < -0.3 is 5.73 Å². The third-order valence-corrected chi connectivity index (χ3v) is 5.04. The highest BCUT2D eigenvalue weighted by atomic mass is 79.9. The summed E-state index contributed by atoms with van der Waals surface area (Å²) < 4.78 is 1.22. The first-order valence-corrected chi connectivity index (χ1v) is 7.48. The van der Waals surface area contributed by atoms with Crippen molar-refractivity contribution in [3.63, 3.8) is 0 Å². The monoisotopic (exact) mass is 302 g/mol. The summed E-state index contributed by atoms with van der Waals surface area (Å²) in [4.78, 5) is 4.01. The van der Waals surface area contributed by atoms with Crippen LogP contribution in [0.1, 0.15) is 24.6 Å². The van der Waals surface area contributed by atoms with Crippen molar-refractivity contribution in [1.29, 1.82) is 0 Å². The zero-order chi connectivity index (χ0) is 11.5. The molecule has 0 spiro atoms. The van der Waals surface area contributed by atoms with Gasteiger partial charge in [-0.3, -0.25) is 4.90 Å². The maximum absolute atomic E-state index is 5.78. The van der Waals surface area contributed by atoms with Gasteiger partial charge in [0.05, 0.1) is 3.79 Å². The van der Waals surface area contributed by atoms with E-state index in [0.717, 1.165) is 19.6 Å². The van der Waals surface area contributed by atoms with Crippen LogP contribution in [0.2, 0.25) is 0 Å². The molecule has 2 heterocycles. The molecule has 2 nitrogen and oxygen atoms in total. The summed E-state index contributed by atoms with van der Waals surface area (Å²) in [5.41, 5.74) is 5.78. The van der Waals surface area contributed by atoms with E-state index in [-0.39, 0.29) is 0 Å². The lowest BCUT2D eigenvalue weighted by atomic mass is 9.93. The highest BCUT2D eigenvalue weighted by Gasteiger charge is 2.24. The van der Waals surface area contributed by atoms with Gasteiger partial charge in [-0.15, -0.1) is 11.3 Å². The van der Waals surface area contributed by atoms with Crippen LogP contribution in [0.25, 0.3) is 0 Å².